The van der Waals surface area contributed by atoms with Gasteiger partial charge in [0.2, 0.25) is 17.0 Å². The summed E-state index contributed by atoms with van der Waals surface area (Å²) in [4.78, 5) is 32.1. The van der Waals surface area contributed by atoms with E-state index in [1.165, 1.54) is 16.7 Å². The van der Waals surface area contributed by atoms with Crippen molar-refractivity contribution in [2.24, 2.45) is 0 Å². The topological polar surface area (TPSA) is 101 Å². The fourth-order valence-corrected chi connectivity index (χ4v) is 3.37. The van der Waals surface area contributed by atoms with E-state index in [0.717, 1.165) is 11.3 Å². The molecule has 9 nitrogen and oxygen atoms in total. The third-order valence-corrected chi connectivity index (χ3v) is 5.15. The number of hydrogen-bond acceptors (Lipinski definition) is 7. The highest BCUT2D eigenvalue weighted by molar-refractivity contribution is 7.99. The first-order chi connectivity index (χ1) is 13.6. The summed E-state index contributed by atoms with van der Waals surface area (Å²) in [5, 5.41) is 7.48. The maximum Gasteiger partial charge on any atom is 0.242 e. The van der Waals surface area contributed by atoms with Crippen LogP contribution in [-0.4, -0.2) is 89.6 Å². The standard InChI is InChI=1S/C18H23N5O4S/c1-22(11-15(24)23-7-9-27-10-8-23)16(25)12-28-18-19-17(20-21-18)13-3-5-14(26-2)6-4-13/h3-6H,7-12H2,1-2H3,(H,19,20,21). The van der Waals surface area contributed by atoms with Crippen molar-refractivity contribution in [3.05, 3.63) is 24.3 Å². The van der Waals surface area contributed by atoms with Crippen molar-refractivity contribution >= 4 is 23.6 Å². The summed E-state index contributed by atoms with van der Waals surface area (Å²) < 4.78 is 10.4. The lowest BCUT2D eigenvalue weighted by atomic mass is 10.2. The number of H-pyrrole nitrogens is 1. The van der Waals surface area contributed by atoms with E-state index in [1.54, 1.807) is 19.1 Å². The molecular weight excluding hydrogens is 382 g/mol. The van der Waals surface area contributed by atoms with Crippen LogP contribution in [0.1, 0.15) is 0 Å². The van der Waals surface area contributed by atoms with Crippen LogP contribution in [0, 0.1) is 0 Å². The van der Waals surface area contributed by atoms with Crippen molar-refractivity contribution in [1.82, 2.24) is 25.0 Å². The Morgan fingerprint density at radius 3 is 2.68 bits per heavy atom. The van der Waals surface area contributed by atoms with Gasteiger partial charge in [0.25, 0.3) is 0 Å². The average molecular weight is 405 g/mol. The van der Waals surface area contributed by atoms with Crippen LogP contribution in [0.25, 0.3) is 11.4 Å². The number of nitrogens with one attached hydrogen (secondary N) is 1. The lowest BCUT2D eigenvalue weighted by molar-refractivity contribution is -0.140. The molecule has 28 heavy (non-hydrogen) atoms. The van der Waals surface area contributed by atoms with Gasteiger partial charge in [-0.15, -0.1) is 5.10 Å². The molecule has 0 saturated carbocycles. The molecule has 2 heterocycles. The Labute approximate surface area is 167 Å². The number of carbonyl (C=O) groups is 2. The normalized spacial score (nSPS) is 14.0. The number of ether oxygens (including phenoxy) is 2. The first-order valence-corrected chi connectivity index (χ1v) is 9.84. The molecule has 10 heteroatoms. The van der Waals surface area contributed by atoms with Crippen molar-refractivity contribution < 1.29 is 19.1 Å². The molecule has 0 unspecified atom stereocenters. The number of likely N-dealkylation sites (N-methyl/N-ethyl adjacent to an activating group) is 1. The van der Waals surface area contributed by atoms with Gasteiger partial charge in [-0.25, -0.2) is 4.98 Å². The molecule has 1 N–H and O–H groups in total. The predicted octanol–water partition coefficient (Wildman–Crippen LogP) is 0.890. The van der Waals surface area contributed by atoms with Gasteiger partial charge in [0.1, 0.15) is 5.75 Å². The molecule has 2 amide bonds. The Morgan fingerprint density at radius 2 is 2.00 bits per heavy atom. The highest BCUT2D eigenvalue weighted by Gasteiger charge is 2.20. The lowest BCUT2D eigenvalue weighted by Gasteiger charge is -2.28. The average Bonchev–Trinajstić information content (AvgIpc) is 3.21. The third-order valence-electron chi connectivity index (χ3n) is 4.32. The molecule has 0 bridgehead atoms. The zero-order chi connectivity index (χ0) is 19.9. The Bertz CT molecular complexity index is 805. The van der Waals surface area contributed by atoms with E-state index in [1.807, 2.05) is 24.3 Å². The molecule has 3 rings (SSSR count). The predicted molar refractivity (Wildman–Crippen MR) is 104 cm³/mol. The van der Waals surface area contributed by atoms with Gasteiger partial charge in [-0.05, 0) is 24.3 Å². The van der Waals surface area contributed by atoms with Gasteiger partial charge in [-0.3, -0.25) is 14.7 Å². The summed E-state index contributed by atoms with van der Waals surface area (Å²) in [6.07, 6.45) is 0. The van der Waals surface area contributed by atoms with E-state index in [9.17, 15) is 9.59 Å². The number of morpholine rings is 1. The number of aromatic amines is 1. The Kier molecular flexibility index (Phi) is 6.88. The fraction of sp³-hybridized carbons (Fsp3) is 0.444. The van der Waals surface area contributed by atoms with Crippen LogP contribution in [0.3, 0.4) is 0 Å². The molecule has 0 spiro atoms. The summed E-state index contributed by atoms with van der Waals surface area (Å²) in [5.74, 6) is 1.32. The van der Waals surface area contributed by atoms with E-state index in [4.69, 9.17) is 9.47 Å². The molecule has 2 aromatic rings. The summed E-state index contributed by atoms with van der Waals surface area (Å²) in [5.41, 5.74) is 0.875. The molecule has 1 aliphatic rings. The minimum absolute atomic E-state index is 0.0600. The molecule has 0 atom stereocenters. The summed E-state index contributed by atoms with van der Waals surface area (Å²) in [6, 6.07) is 7.44. The minimum Gasteiger partial charge on any atom is -0.497 e. The first kappa shape index (κ1) is 20.2. The SMILES string of the molecule is COc1ccc(-c2nc(SCC(=O)N(C)CC(=O)N3CCOCC3)n[nH]2)cc1. The van der Waals surface area contributed by atoms with Crippen molar-refractivity contribution in [3.63, 3.8) is 0 Å². The second kappa shape index (κ2) is 9.56. The maximum absolute atomic E-state index is 12.3. The molecule has 1 saturated heterocycles. The highest BCUT2D eigenvalue weighted by atomic mass is 32.2. The van der Waals surface area contributed by atoms with Gasteiger partial charge in [-0.1, -0.05) is 11.8 Å². The molecule has 0 aliphatic carbocycles. The lowest BCUT2D eigenvalue weighted by Crippen LogP contribution is -2.46. The highest BCUT2D eigenvalue weighted by Crippen LogP contribution is 2.21. The van der Waals surface area contributed by atoms with Gasteiger partial charge in [0.15, 0.2) is 5.82 Å². The van der Waals surface area contributed by atoms with Crippen LogP contribution >= 0.6 is 11.8 Å². The third kappa shape index (κ3) is 5.23. The first-order valence-electron chi connectivity index (χ1n) is 8.86. The van der Waals surface area contributed by atoms with Crippen LogP contribution < -0.4 is 4.74 Å². The quantitative estimate of drug-likeness (QED) is 0.683. The number of methoxy groups -OCH3 is 1. The molecule has 0 radical (unpaired) electrons. The van der Waals surface area contributed by atoms with E-state index >= 15 is 0 Å². The maximum atomic E-state index is 12.3. The van der Waals surface area contributed by atoms with Crippen LogP contribution in [0.4, 0.5) is 0 Å². The Balaban J connectivity index is 1.48. The van der Waals surface area contributed by atoms with E-state index < -0.39 is 0 Å². The monoisotopic (exact) mass is 405 g/mol. The van der Waals surface area contributed by atoms with Crippen molar-refractivity contribution in [3.8, 4) is 17.1 Å². The smallest absolute Gasteiger partial charge is 0.242 e. The van der Waals surface area contributed by atoms with Gasteiger partial charge < -0.3 is 19.3 Å². The summed E-state index contributed by atoms with van der Waals surface area (Å²) in [7, 11) is 3.24. The number of benzene rings is 1. The number of amides is 2. The summed E-state index contributed by atoms with van der Waals surface area (Å²) in [6.45, 7) is 2.29. The molecule has 1 aromatic heterocycles. The molecular formula is C18H23N5O4S. The zero-order valence-electron chi connectivity index (χ0n) is 15.9. The number of hydrogen-bond donors (Lipinski definition) is 1. The molecule has 150 valence electrons. The van der Waals surface area contributed by atoms with Crippen molar-refractivity contribution in [1.29, 1.82) is 0 Å². The molecule has 1 aliphatic heterocycles. The van der Waals surface area contributed by atoms with Crippen LogP contribution in [0.5, 0.6) is 5.75 Å². The second-order valence-corrected chi connectivity index (χ2v) is 7.17. The zero-order valence-corrected chi connectivity index (χ0v) is 16.7. The van der Waals surface area contributed by atoms with Crippen LogP contribution in [-0.2, 0) is 14.3 Å². The van der Waals surface area contributed by atoms with Gasteiger partial charge in [0, 0.05) is 25.7 Å². The Hall–Kier alpha value is -2.59. The number of carbonyl (C=O) groups excluding carboxylic acids is 2. The van der Waals surface area contributed by atoms with E-state index in [2.05, 4.69) is 15.2 Å². The van der Waals surface area contributed by atoms with Crippen molar-refractivity contribution in [2.75, 3.05) is 52.8 Å². The van der Waals surface area contributed by atoms with E-state index in [0.29, 0.717) is 37.3 Å². The Morgan fingerprint density at radius 1 is 1.29 bits per heavy atom. The van der Waals surface area contributed by atoms with Crippen molar-refractivity contribution in [2.45, 2.75) is 5.16 Å². The fourth-order valence-electron chi connectivity index (χ4n) is 2.63. The molecule has 1 aromatic carbocycles. The minimum atomic E-state index is -0.151. The number of aromatic nitrogens is 3. The second-order valence-electron chi connectivity index (χ2n) is 6.23. The number of rotatable bonds is 7. The van der Waals surface area contributed by atoms with E-state index in [-0.39, 0.29) is 24.1 Å². The summed E-state index contributed by atoms with van der Waals surface area (Å²) >= 11 is 1.23. The largest absolute Gasteiger partial charge is 0.497 e. The van der Waals surface area contributed by atoms with Gasteiger partial charge in [0.05, 0.1) is 32.6 Å². The van der Waals surface area contributed by atoms with Crippen LogP contribution in [0.2, 0.25) is 0 Å². The van der Waals surface area contributed by atoms with Gasteiger partial charge >= 0.3 is 0 Å². The van der Waals surface area contributed by atoms with Gasteiger partial charge in [-0.2, -0.15) is 0 Å². The number of nitrogens with zero attached hydrogens (tertiary/aromatic N) is 4. The number of thioether (sulfide) groups is 1. The molecule has 1 fully saturated rings. The van der Waals surface area contributed by atoms with Crippen LogP contribution in [0.15, 0.2) is 29.4 Å².